The van der Waals surface area contributed by atoms with Gasteiger partial charge < -0.3 is 10.4 Å². The van der Waals surface area contributed by atoms with E-state index in [4.69, 9.17) is 5.26 Å². The summed E-state index contributed by atoms with van der Waals surface area (Å²) in [5.74, 6) is -1.46. The van der Waals surface area contributed by atoms with E-state index in [-0.39, 0.29) is 0 Å². The summed E-state index contributed by atoms with van der Waals surface area (Å²) in [5.41, 5.74) is 0.493. The number of nitrogens with zero attached hydrogens (tertiary/aromatic N) is 1. The van der Waals surface area contributed by atoms with Crippen molar-refractivity contribution in [2.24, 2.45) is 0 Å². The van der Waals surface area contributed by atoms with Crippen LogP contribution >= 0.6 is 0 Å². The first-order valence-corrected chi connectivity index (χ1v) is 8.93. The maximum atomic E-state index is 13.0. The highest BCUT2D eigenvalue weighted by Crippen LogP contribution is 2.28. The van der Waals surface area contributed by atoms with Gasteiger partial charge in [-0.3, -0.25) is 4.79 Å². The Morgan fingerprint density at radius 1 is 1.00 bits per heavy atom. The Bertz CT molecular complexity index is 983. The number of hydrogen-bond donors (Lipinski definition) is 2. The van der Waals surface area contributed by atoms with E-state index in [1.807, 2.05) is 60.7 Å². The van der Waals surface area contributed by atoms with Crippen LogP contribution in [0.4, 0.5) is 0 Å². The van der Waals surface area contributed by atoms with Gasteiger partial charge in [-0.2, -0.15) is 5.26 Å². The summed E-state index contributed by atoms with van der Waals surface area (Å²) in [5, 5.41) is 24.2. The van der Waals surface area contributed by atoms with Crippen LogP contribution in [0, 0.1) is 11.3 Å². The molecule has 3 rings (SSSR count). The molecule has 0 radical (unpaired) electrons. The first-order chi connectivity index (χ1) is 13.1. The lowest BCUT2D eigenvalue weighted by atomic mass is 9.96. The Labute approximate surface area is 157 Å². The van der Waals surface area contributed by atoms with Gasteiger partial charge in [0.05, 0.1) is 11.6 Å². The van der Waals surface area contributed by atoms with Crippen molar-refractivity contribution < 1.29 is 14.7 Å². The van der Waals surface area contributed by atoms with Gasteiger partial charge in [-0.25, -0.2) is 4.79 Å². The van der Waals surface area contributed by atoms with Crippen LogP contribution in [0.3, 0.4) is 0 Å². The number of carbonyl (C=O) groups excluding carboxylic acids is 1. The number of aliphatic carboxylic acids is 1. The Hall–Kier alpha value is -3.39. The summed E-state index contributed by atoms with van der Waals surface area (Å²) in [6.45, 7) is 0. The highest BCUT2D eigenvalue weighted by atomic mass is 16.4. The fourth-order valence-electron chi connectivity index (χ4n) is 3.30. The van der Waals surface area contributed by atoms with E-state index in [2.05, 4.69) is 5.32 Å². The Morgan fingerprint density at radius 2 is 1.59 bits per heavy atom. The minimum atomic E-state index is -1.06. The lowest BCUT2D eigenvalue weighted by molar-refractivity contribution is -0.139. The number of benzene rings is 3. The number of carboxylic acid groups (broad SMARTS) is 1. The van der Waals surface area contributed by atoms with Gasteiger partial charge in [-0.1, -0.05) is 48.5 Å². The van der Waals surface area contributed by atoms with Crippen LogP contribution in [-0.4, -0.2) is 23.0 Å². The Morgan fingerprint density at radius 3 is 2.15 bits per heavy atom. The van der Waals surface area contributed by atoms with Crippen LogP contribution in [0.1, 0.15) is 36.0 Å². The van der Waals surface area contributed by atoms with E-state index >= 15 is 0 Å². The van der Waals surface area contributed by atoms with E-state index in [1.54, 1.807) is 0 Å². The summed E-state index contributed by atoms with van der Waals surface area (Å²) in [6.07, 6.45) is 1.87. The van der Waals surface area contributed by atoms with Gasteiger partial charge in [-0.15, -0.1) is 0 Å². The van der Waals surface area contributed by atoms with Crippen molar-refractivity contribution in [3.05, 3.63) is 60.2 Å². The SMILES string of the molecule is N#CCCCC[C@H](NC(=O)c1c2ccccc2cc2ccccc12)C(=O)O. The normalized spacial score (nSPS) is 11.8. The first kappa shape index (κ1) is 18.4. The third kappa shape index (κ3) is 4.06. The van der Waals surface area contributed by atoms with Gasteiger partial charge in [0.2, 0.25) is 0 Å². The van der Waals surface area contributed by atoms with E-state index in [0.29, 0.717) is 31.2 Å². The predicted molar refractivity (Wildman–Crippen MR) is 104 cm³/mol. The molecule has 0 aliphatic rings. The zero-order valence-electron chi connectivity index (χ0n) is 14.8. The van der Waals surface area contributed by atoms with Crippen LogP contribution in [-0.2, 0) is 4.79 Å². The monoisotopic (exact) mass is 360 g/mol. The second-order valence-electron chi connectivity index (χ2n) is 6.46. The van der Waals surface area contributed by atoms with Crippen LogP contribution < -0.4 is 5.32 Å². The average Bonchev–Trinajstić information content (AvgIpc) is 2.68. The fourth-order valence-corrected chi connectivity index (χ4v) is 3.30. The van der Waals surface area contributed by atoms with Crippen molar-refractivity contribution >= 4 is 33.4 Å². The largest absolute Gasteiger partial charge is 0.480 e. The van der Waals surface area contributed by atoms with Gasteiger partial charge in [-0.05, 0) is 46.9 Å². The number of amides is 1. The molecular formula is C22H20N2O3. The molecule has 0 bridgehead atoms. The molecule has 5 nitrogen and oxygen atoms in total. The summed E-state index contributed by atoms with van der Waals surface area (Å²) in [7, 11) is 0. The smallest absolute Gasteiger partial charge is 0.326 e. The Balaban J connectivity index is 1.96. The minimum Gasteiger partial charge on any atom is -0.480 e. The Kier molecular flexibility index (Phi) is 5.68. The average molecular weight is 360 g/mol. The maximum absolute atomic E-state index is 13.0. The third-order valence-electron chi connectivity index (χ3n) is 4.63. The van der Waals surface area contributed by atoms with Gasteiger partial charge >= 0.3 is 5.97 Å². The van der Waals surface area contributed by atoms with Crippen molar-refractivity contribution in [2.45, 2.75) is 31.7 Å². The minimum absolute atomic E-state index is 0.297. The standard InChI is InChI=1S/C22H20N2O3/c23-13-7-1-2-12-19(22(26)27)24-21(25)20-17-10-5-3-8-15(17)14-16-9-4-6-11-18(16)20/h3-6,8-11,14,19H,1-2,7,12H2,(H,24,25)(H,26,27)/t19-/m0/s1. The van der Waals surface area contributed by atoms with Crippen LogP contribution in [0.2, 0.25) is 0 Å². The van der Waals surface area contributed by atoms with E-state index in [0.717, 1.165) is 21.5 Å². The predicted octanol–water partition coefficient (Wildman–Crippen LogP) is 4.26. The van der Waals surface area contributed by atoms with Gasteiger partial charge in [0.1, 0.15) is 6.04 Å². The van der Waals surface area contributed by atoms with E-state index < -0.39 is 17.9 Å². The van der Waals surface area contributed by atoms with Crippen molar-refractivity contribution in [1.82, 2.24) is 5.32 Å². The lowest BCUT2D eigenvalue weighted by Crippen LogP contribution is -2.40. The maximum Gasteiger partial charge on any atom is 0.326 e. The zero-order chi connectivity index (χ0) is 19.2. The van der Waals surface area contributed by atoms with E-state index in [1.165, 1.54) is 0 Å². The number of carbonyl (C=O) groups is 2. The second-order valence-corrected chi connectivity index (χ2v) is 6.46. The summed E-state index contributed by atoms with van der Waals surface area (Å²) in [4.78, 5) is 24.6. The molecule has 0 spiro atoms. The highest BCUT2D eigenvalue weighted by Gasteiger charge is 2.22. The van der Waals surface area contributed by atoms with Crippen LogP contribution in [0.5, 0.6) is 0 Å². The molecule has 0 aliphatic carbocycles. The van der Waals surface area contributed by atoms with Gasteiger partial charge in [0.15, 0.2) is 0 Å². The molecule has 3 aromatic rings. The van der Waals surface area contributed by atoms with Gasteiger partial charge in [0.25, 0.3) is 5.91 Å². The lowest BCUT2D eigenvalue weighted by Gasteiger charge is -2.17. The summed E-state index contributed by atoms with van der Waals surface area (Å²) < 4.78 is 0. The third-order valence-corrected chi connectivity index (χ3v) is 4.63. The summed E-state index contributed by atoms with van der Waals surface area (Å²) >= 11 is 0. The zero-order valence-corrected chi connectivity index (χ0v) is 14.8. The topological polar surface area (TPSA) is 90.2 Å². The molecule has 0 saturated carbocycles. The molecule has 0 fully saturated rings. The molecule has 0 unspecified atom stereocenters. The van der Waals surface area contributed by atoms with E-state index in [9.17, 15) is 14.7 Å². The van der Waals surface area contributed by atoms with Crippen molar-refractivity contribution in [3.8, 4) is 6.07 Å². The molecule has 136 valence electrons. The number of rotatable bonds is 7. The number of nitriles is 1. The quantitative estimate of drug-likeness (QED) is 0.486. The summed E-state index contributed by atoms with van der Waals surface area (Å²) in [6, 6.07) is 18.3. The molecule has 2 N–H and O–H groups in total. The molecule has 1 atom stereocenters. The van der Waals surface area contributed by atoms with Crippen LogP contribution in [0.25, 0.3) is 21.5 Å². The van der Waals surface area contributed by atoms with Crippen molar-refractivity contribution in [1.29, 1.82) is 5.26 Å². The molecule has 3 aromatic carbocycles. The van der Waals surface area contributed by atoms with Gasteiger partial charge in [0, 0.05) is 6.42 Å². The number of nitrogens with one attached hydrogen (secondary N) is 1. The molecular weight excluding hydrogens is 340 g/mol. The fraction of sp³-hybridized carbons (Fsp3) is 0.227. The van der Waals surface area contributed by atoms with Crippen molar-refractivity contribution in [3.63, 3.8) is 0 Å². The number of unbranched alkanes of at least 4 members (excludes halogenated alkanes) is 2. The molecule has 0 aromatic heterocycles. The molecule has 0 aliphatic heterocycles. The number of carboxylic acids is 1. The first-order valence-electron chi connectivity index (χ1n) is 8.93. The van der Waals surface area contributed by atoms with Crippen molar-refractivity contribution in [2.75, 3.05) is 0 Å². The highest BCUT2D eigenvalue weighted by molar-refractivity contribution is 6.18. The molecule has 27 heavy (non-hydrogen) atoms. The number of hydrogen-bond acceptors (Lipinski definition) is 3. The second kappa shape index (κ2) is 8.33. The molecule has 0 heterocycles. The van der Waals surface area contributed by atoms with Crippen LogP contribution in [0.15, 0.2) is 54.6 Å². The molecule has 0 saturated heterocycles. The molecule has 5 heteroatoms. The molecule has 1 amide bonds. The number of fused-ring (bicyclic) bond motifs is 2.